The van der Waals surface area contributed by atoms with E-state index >= 15 is 0 Å². The van der Waals surface area contributed by atoms with Crippen LogP contribution in [-0.4, -0.2) is 59.1 Å². The molecule has 0 aromatic heterocycles. The van der Waals surface area contributed by atoms with Gasteiger partial charge in [-0.1, -0.05) is 19.0 Å². The number of hydrogen-bond acceptors (Lipinski definition) is 4. The Balaban J connectivity index is 2.50. The van der Waals surface area contributed by atoms with Crippen molar-refractivity contribution in [2.24, 2.45) is 10.9 Å². The Labute approximate surface area is 104 Å². The summed E-state index contributed by atoms with van der Waals surface area (Å²) in [7, 11) is 0. The van der Waals surface area contributed by atoms with Crippen molar-refractivity contribution in [2.75, 3.05) is 26.2 Å². The van der Waals surface area contributed by atoms with Crippen molar-refractivity contribution in [1.82, 2.24) is 9.80 Å². The lowest BCUT2D eigenvalue weighted by Gasteiger charge is -2.40. The van der Waals surface area contributed by atoms with Crippen LogP contribution in [0.4, 0.5) is 0 Å². The Morgan fingerprint density at radius 2 is 1.71 bits per heavy atom. The third kappa shape index (κ3) is 3.57. The molecule has 0 radical (unpaired) electrons. The van der Waals surface area contributed by atoms with E-state index in [9.17, 15) is 0 Å². The third-order valence-corrected chi connectivity index (χ3v) is 3.85. The largest absolute Gasteiger partial charge is 0.409 e. The normalized spacial score (nSPS) is 23.6. The first-order chi connectivity index (χ1) is 8.13. The molecule has 1 aliphatic rings. The standard InChI is InChI=1S/C12H26N4O/c1-4-10(3)15-6-8-16(9-7-15)11(5-2)12(13)14-17/h10-11,17H,4-9H2,1-3H3,(H2,13,14). The van der Waals surface area contributed by atoms with Crippen LogP contribution in [0.2, 0.25) is 0 Å². The Kier molecular flexibility index (Phi) is 5.71. The summed E-state index contributed by atoms with van der Waals surface area (Å²) in [5.41, 5.74) is 5.72. The lowest BCUT2D eigenvalue weighted by atomic mass is 10.1. The maximum Gasteiger partial charge on any atom is 0.156 e. The van der Waals surface area contributed by atoms with E-state index in [-0.39, 0.29) is 6.04 Å². The first-order valence-electron chi connectivity index (χ1n) is 6.59. The van der Waals surface area contributed by atoms with Gasteiger partial charge in [0.2, 0.25) is 0 Å². The molecule has 2 unspecified atom stereocenters. The van der Waals surface area contributed by atoms with E-state index in [1.165, 1.54) is 6.42 Å². The monoisotopic (exact) mass is 242 g/mol. The number of amidine groups is 1. The smallest absolute Gasteiger partial charge is 0.156 e. The molecule has 0 spiro atoms. The van der Waals surface area contributed by atoms with E-state index in [2.05, 4.69) is 35.7 Å². The highest BCUT2D eigenvalue weighted by atomic mass is 16.4. The fourth-order valence-electron chi connectivity index (χ4n) is 2.47. The van der Waals surface area contributed by atoms with Crippen LogP contribution in [0.25, 0.3) is 0 Å². The van der Waals surface area contributed by atoms with Gasteiger partial charge in [-0.3, -0.25) is 9.80 Å². The van der Waals surface area contributed by atoms with Gasteiger partial charge in [-0.2, -0.15) is 0 Å². The SMILES string of the molecule is CCC(C)N1CCN(C(CC)C(N)=NO)CC1. The zero-order valence-electron chi connectivity index (χ0n) is 11.3. The number of nitrogens with zero attached hydrogens (tertiary/aromatic N) is 3. The topological polar surface area (TPSA) is 65.1 Å². The summed E-state index contributed by atoms with van der Waals surface area (Å²) in [6.07, 6.45) is 2.08. The molecule has 2 atom stereocenters. The highest BCUT2D eigenvalue weighted by molar-refractivity contribution is 5.85. The van der Waals surface area contributed by atoms with Crippen molar-refractivity contribution in [3.8, 4) is 0 Å². The van der Waals surface area contributed by atoms with Gasteiger partial charge in [0.25, 0.3) is 0 Å². The lowest BCUT2D eigenvalue weighted by Crippen LogP contribution is -2.55. The molecule has 100 valence electrons. The first-order valence-corrected chi connectivity index (χ1v) is 6.59. The van der Waals surface area contributed by atoms with Crippen LogP contribution in [0.1, 0.15) is 33.6 Å². The van der Waals surface area contributed by atoms with Gasteiger partial charge in [0.1, 0.15) is 0 Å². The minimum absolute atomic E-state index is 0.0825. The van der Waals surface area contributed by atoms with Crippen LogP contribution in [0.5, 0.6) is 0 Å². The van der Waals surface area contributed by atoms with Gasteiger partial charge >= 0.3 is 0 Å². The molecule has 1 fully saturated rings. The van der Waals surface area contributed by atoms with E-state index in [0.717, 1.165) is 32.6 Å². The minimum atomic E-state index is 0.0825. The number of oxime groups is 1. The van der Waals surface area contributed by atoms with Crippen molar-refractivity contribution < 1.29 is 5.21 Å². The van der Waals surface area contributed by atoms with Crippen LogP contribution < -0.4 is 5.73 Å². The van der Waals surface area contributed by atoms with Crippen molar-refractivity contribution in [3.63, 3.8) is 0 Å². The van der Waals surface area contributed by atoms with Crippen molar-refractivity contribution >= 4 is 5.84 Å². The molecule has 0 aliphatic carbocycles. The maximum atomic E-state index is 8.77. The molecule has 1 aliphatic heterocycles. The Morgan fingerprint density at radius 1 is 1.18 bits per heavy atom. The second kappa shape index (κ2) is 6.81. The summed E-state index contributed by atoms with van der Waals surface area (Å²) in [4.78, 5) is 4.82. The first kappa shape index (κ1) is 14.3. The fourth-order valence-corrected chi connectivity index (χ4v) is 2.47. The molecule has 0 bridgehead atoms. The van der Waals surface area contributed by atoms with Crippen LogP contribution in [0, 0.1) is 0 Å². The fraction of sp³-hybridized carbons (Fsp3) is 0.917. The van der Waals surface area contributed by atoms with E-state index in [4.69, 9.17) is 10.9 Å². The Hall–Kier alpha value is -0.810. The predicted molar refractivity (Wildman–Crippen MR) is 70.4 cm³/mol. The van der Waals surface area contributed by atoms with Gasteiger partial charge < -0.3 is 10.9 Å². The maximum absolute atomic E-state index is 8.77. The van der Waals surface area contributed by atoms with E-state index in [1.807, 2.05) is 0 Å². The minimum Gasteiger partial charge on any atom is -0.409 e. The second-order valence-corrected chi connectivity index (χ2v) is 4.78. The van der Waals surface area contributed by atoms with Crippen LogP contribution >= 0.6 is 0 Å². The molecular formula is C12H26N4O. The average molecular weight is 242 g/mol. The molecule has 3 N–H and O–H groups in total. The van der Waals surface area contributed by atoms with Gasteiger partial charge in [-0.05, 0) is 19.8 Å². The second-order valence-electron chi connectivity index (χ2n) is 4.78. The summed E-state index contributed by atoms with van der Waals surface area (Å²) in [6, 6.07) is 0.736. The number of nitrogens with two attached hydrogens (primary N) is 1. The lowest BCUT2D eigenvalue weighted by molar-refractivity contribution is 0.0870. The molecule has 5 heteroatoms. The summed E-state index contributed by atoms with van der Waals surface area (Å²) in [5.74, 6) is 0.337. The zero-order valence-corrected chi connectivity index (χ0v) is 11.3. The van der Waals surface area contributed by atoms with E-state index < -0.39 is 0 Å². The highest BCUT2D eigenvalue weighted by Gasteiger charge is 2.26. The van der Waals surface area contributed by atoms with Crippen molar-refractivity contribution in [2.45, 2.75) is 45.7 Å². The van der Waals surface area contributed by atoms with Crippen molar-refractivity contribution in [1.29, 1.82) is 0 Å². The summed E-state index contributed by atoms with van der Waals surface area (Å²) in [5, 5.41) is 11.9. The molecule has 0 aromatic rings. The molecule has 0 aromatic carbocycles. The molecule has 1 saturated heterocycles. The quantitative estimate of drug-likeness (QED) is 0.326. The van der Waals surface area contributed by atoms with Gasteiger partial charge in [-0.15, -0.1) is 0 Å². The van der Waals surface area contributed by atoms with Crippen LogP contribution in [0.3, 0.4) is 0 Å². The molecule has 5 nitrogen and oxygen atoms in total. The molecule has 0 saturated carbocycles. The van der Waals surface area contributed by atoms with Gasteiger partial charge in [0, 0.05) is 32.2 Å². The number of piperazine rings is 1. The predicted octanol–water partition coefficient (Wildman–Crippen LogP) is 0.928. The van der Waals surface area contributed by atoms with Gasteiger partial charge in [0.05, 0.1) is 6.04 Å². The summed E-state index contributed by atoms with van der Waals surface area (Å²) in [6.45, 7) is 10.7. The summed E-state index contributed by atoms with van der Waals surface area (Å²) >= 11 is 0. The average Bonchev–Trinajstić information content (AvgIpc) is 2.39. The van der Waals surface area contributed by atoms with Gasteiger partial charge in [0.15, 0.2) is 5.84 Å². The van der Waals surface area contributed by atoms with Crippen molar-refractivity contribution in [3.05, 3.63) is 0 Å². The summed E-state index contributed by atoms with van der Waals surface area (Å²) < 4.78 is 0. The van der Waals surface area contributed by atoms with Crippen LogP contribution in [0.15, 0.2) is 5.16 Å². The molecule has 0 amide bonds. The van der Waals surface area contributed by atoms with E-state index in [1.54, 1.807) is 0 Å². The number of hydrogen-bond donors (Lipinski definition) is 2. The zero-order chi connectivity index (χ0) is 12.8. The molecule has 17 heavy (non-hydrogen) atoms. The van der Waals surface area contributed by atoms with Gasteiger partial charge in [-0.25, -0.2) is 0 Å². The number of rotatable bonds is 5. The third-order valence-electron chi connectivity index (χ3n) is 3.85. The molecular weight excluding hydrogens is 216 g/mol. The Morgan fingerprint density at radius 3 is 2.12 bits per heavy atom. The highest BCUT2D eigenvalue weighted by Crippen LogP contribution is 2.12. The molecule has 1 rings (SSSR count). The molecule has 1 heterocycles. The van der Waals surface area contributed by atoms with Crippen LogP contribution in [-0.2, 0) is 0 Å². The van der Waals surface area contributed by atoms with E-state index in [0.29, 0.717) is 11.9 Å². The Bertz CT molecular complexity index is 249.